The van der Waals surface area contributed by atoms with Gasteiger partial charge < -0.3 is 5.32 Å². The fourth-order valence-corrected chi connectivity index (χ4v) is 2.06. The van der Waals surface area contributed by atoms with Gasteiger partial charge in [-0.15, -0.1) is 0 Å². The molecule has 1 N–H and O–H groups in total. The quantitative estimate of drug-likeness (QED) is 0.896. The van der Waals surface area contributed by atoms with E-state index in [1.54, 1.807) is 26.0 Å². The highest BCUT2D eigenvalue weighted by atomic mass is 32.2. The third-order valence-corrected chi connectivity index (χ3v) is 5.75. The standard InChI is InChI=1S/C15H18FN3O3S/c1-15(2,23(3,21)22)10-17-14(20)11-8-18-19(9-11)13-6-4-5-12(16)7-13/h4-9H,10H2,1-3H3,(H,17,20). The molecule has 124 valence electrons. The zero-order chi connectivity index (χ0) is 17.3. The van der Waals surface area contributed by atoms with Crippen molar-refractivity contribution in [2.24, 2.45) is 0 Å². The van der Waals surface area contributed by atoms with E-state index in [-0.39, 0.29) is 12.1 Å². The first-order valence-electron chi connectivity index (χ1n) is 6.88. The van der Waals surface area contributed by atoms with E-state index < -0.39 is 26.3 Å². The summed E-state index contributed by atoms with van der Waals surface area (Å²) >= 11 is 0. The molecule has 2 aromatic rings. The summed E-state index contributed by atoms with van der Waals surface area (Å²) in [5, 5.41) is 6.59. The Hall–Kier alpha value is -2.22. The van der Waals surface area contributed by atoms with Crippen LogP contribution in [0.4, 0.5) is 4.39 Å². The molecule has 0 radical (unpaired) electrons. The summed E-state index contributed by atoms with van der Waals surface area (Å²) in [6.45, 7) is 3.06. The molecule has 0 aliphatic heterocycles. The minimum atomic E-state index is -3.30. The van der Waals surface area contributed by atoms with Gasteiger partial charge in [-0.05, 0) is 32.0 Å². The van der Waals surface area contributed by atoms with Crippen molar-refractivity contribution in [1.29, 1.82) is 0 Å². The molecule has 0 atom stereocenters. The van der Waals surface area contributed by atoms with Gasteiger partial charge in [0.05, 0.1) is 22.2 Å². The second-order valence-electron chi connectivity index (χ2n) is 5.87. The molecule has 0 spiro atoms. The number of carbonyl (C=O) groups is 1. The number of nitrogens with one attached hydrogen (secondary N) is 1. The van der Waals surface area contributed by atoms with Crippen LogP contribution in [0.5, 0.6) is 0 Å². The third kappa shape index (κ3) is 3.95. The number of nitrogens with zero attached hydrogens (tertiary/aromatic N) is 2. The van der Waals surface area contributed by atoms with Crippen LogP contribution in [0.1, 0.15) is 24.2 Å². The number of halogens is 1. The average Bonchev–Trinajstić information content (AvgIpc) is 2.93. The van der Waals surface area contributed by atoms with Crippen molar-refractivity contribution < 1.29 is 17.6 Å². The minimum Gasteiger partial charge on any atom is -0.350 e. The smallest absolute Gasteiger partial charge is 0.254 e. The number of aromatic nitrogens is 2. The van der Waals surface area contributed by atoms with Gasteiger partial charge in [0, 0.05) is 19.0 Å². The lowest BCUT2D eigenvalue weighted by atomic mass is 10.2. The number of amides is 1. The van der Waals surface area contributed by atoms with E-state index in [9.17, 15) is 17.6 Å². The van der Waals surface area contributed by atoms with Crippen molar-refractivity contribution in [3.8, 4) is 5.69 Å². The number of hydrogen-bond acceptors (Lipinski definition) is 4. The lowest BCUT2D eigenvalue weighted by Gasteiger charge is -2.22. The zero-order valence-electron chi connectivity index (χ0n) is 13.1. The molecule has 0 aliphatic carbocycles. The summed E-state index contributed by atoms with van der Waals surface area (Å²) in [7, 11) is -3.30. The van der Waals surface area contributed by atoms with Crippen LogP contribution in [0.15, 0.2) is 36.7 Å². The molecule has 1 amide bonds. The van der Waals surface area contributed by atoms with Crippen LogP contribution in [-0.2, 0) is 9.84 Å². The van der Waals surface area contributed by atoms with Gasteiger partial charge in [0.25, 0.3) is 5.91 Å². The minimum absolute atomic E-state index is 0.0180. The van der Waals surface area contributed by atoms with Crippen molar-refractivity contribution in [1.82, 2.24) is 15.1 Å². The Bertz CT molecular complexity index is 828. The molecular weight excluding hydrogens is 321 g/mol. The molecule has 0 aliphatic rings. The molecule has 0 saturated carbocycles. The van der Waals surface area contributed by atoms with Gasteiger partial charge in [-0.25, -0.2) is 17.5 Å². The SMILES string of the molecule is CC(C)(CNC(=O)c1cnn(-c2cccc(F)c2)c1)S(C)(=O)=O. The maximum Gasteiger partial charge on any atom is 0.254 e. The van der Waals surface area contributed by atoms with E-state index in [0.29, 0.717) is 5.69 Å². The molecule has 0 fully saturated rings. The Kier molecular flexibility index (Phi) is 4.56. The highest BCUT2D eigenvalue weighted by Crippen LogP contribution is 2.14. The molecular formula is C15H18FN3O3S. The Morgan fingerprint density at radius 2 is 2.09 bits per heavy atom. The molecule has 2 rings (SSSR count). The number of benzene rings is 1. The van der Waals surface area contributed by atoms with E-state index in [0.717, 1.165) is 6.26 Å². The first kappa shape index (κ1) is 17.1. The summed E-state index contributed by atoms with van der Waals surface area (Å²) < 4.78 is 36.8. The van der Waals surface area contributed by atoms with Crippen LogP contribution in [-0.4, -0.2) is 41.7 Å². The Balaban J connectivity index is 2.10. The summed E-state index contributed by atoms with van der Waals surface area (Å²) in [5.74, 6) is -0.844. The maximum absolute atomic E-state index is 13.2. The van der Waals surface area contributed by atoms with Crippen molar-refractivity contribution >= 4 is 15.7 Å². The van der Waals surface area contributed by atoms with Crippen molar-refractivity contribution in [2.45, 2.75) is 18.6 Å². The van der Waals surface area contributed by atoms with Crippen LogP contribution < -0.4 is 5.32 Å². The van der Waals surface area contributed by atoms with E-state index in [4.69, 9.17) is 0 Å². The molecule has 1 aromatic heterocycles. The fraction of sp³-hybridized carbons (Fsp3) is 0.333. The Labute approximate surface area is 134 Å². The highest BCUT2D eigenvalue weighted by Gasteiger charge is 2.30. The lowest BCUT2D eigenvalue weighted by molar-refractivity contribution is 0.0950. The van der Waals surface area contributed by atoms with E-state index in [2.05, 4.69) is 10.4 Å². The number of hydrogen-bond donors (Lipinski definition) is 1. The van der Waals surface area contributed by atoms with Gasteiger partial charge in [0.2, 0.25) is 0 Å². The Morgan fingerprint density at radius 3 is 2.70 bits per heavy atom. The van der Waals surface area contributed by atoms with Gasteiger partial charge in [-0.2, -0.15) is 5.10 Å². The van der Waals surface area contributed by atoms with E-state index in [1.807, 2.05) is 0 Å². The maximum atomic E-state index is 13.2. The molecule has 23 heavy (non-hydrogen) atoms. The van der Waals surface area contributed by atoms with Crippen molar-refractivity contribution in [3.63, 3.8) is 0 Å². The third-order valence-electron chi connectivity index (χ3n) is 3.60. The highest BCUT2D eigenvalue weighted by molar-refractivity contribution is 7.92. The second kappa shape index (κ2) is 6.11. The van der Waals surface area contributed by atoms with Crippen molar-refractivity contribution in [3.05, 3.63) is 48.0 Å². The monoisotopic (exact) mass is 339 g/mol. The summed E-state index contributed by atoms with van der Waals surface area (Å²) in [6, 6.07) is 5.81. The number of carbonyl (C=O) groups excluding carboxylic acids is 1. The van der Waals surface area contributed by atoms with E-state index >= 15 is 0 Å². The van der Waals surface area contributed by atoms with Gasteiger partial charge >= 0.3 is 0 Å². The van der Waals surface area contributed by atoms with Crippen LogP contribution in [0.25, 0.3) is 5.69 Å². The molecule has 1 heterocycles. The molecule has 1 aromatic carbocycles. The molecule has 6 nitrogen and oxygen atoms in total. The van der Waals surface area contributed by atoms with Crippen LogP contribution in [0.2, 0.25) is 0 Å². The van der Waals surface area contributed by atoms with Gasteiger partial charge in [0.15, 0.2) is 9.84 Å². The molecule has 8 heteroatoms. The van der Waals surface area contributed by atoms with Crippen LogP contribution in [0, 0.1) is 5.82 Å². The van der Waals surface area contributed by atoms with Crippen LogP contribution >= 0.6 is 0 Å². The predicted octanol–water partition coefficient (Wildman–Crippen LogP) is 1.56. The first-order chi connectivity index (χ1) is 10.6. The summed E-state index contributed by atoms with van der Waals surface area (Å²) in [6.07, 6.45) is 3.92. The first-order valence-corrected chi connectivity index (χ1v) is 8.78. The fourth-order valence-electron chi connectivity index (χ4n) is 1.73. The molecule has 0 bridgehead atoms. The number of rotatable bonds is 5. The average molecular weight is 339 g/mol. The molecule has 0 saturated heterocycles. The zero-order valence-corrected chi connectivity index (χ0v) is 13.9. The Morgan fingerprint density at radius 1 is 1.39 bits per heavy atom. The second-order valence-corrected chi connectivity index (χ2v) is 8.52. The molecule has 0 unspecified atom stereocenters. The van der Waals surface area contributed by atoms with Gasteiger partial charge in [0.1, 0.15) is 5.82 Å². The lowest BCUT2D eigenvalue weighted by Crippen LogP contribution is -2.43. The predicted molar refractivity (Wildman–Crippen MR) is 84.8 cm³/mol. The van der Waals surface area contributed by atoms with Gasteiger partial charge in [-0.3, -0.25) is 4.79 Å². The normalized spacial score (nSPS) is 12.2. The van der Waals surface area contributed by atoms with Crippen molar-refractivity contribution in [2.75, 3.05) is 12.8 Å². The largest absolute Gasteiger partial charge is 0.350 e. The topological polar surface area (TPSA) is 81.1 Å². The summed E-state index contributed by atoms with van der Waals surface area (Å²) in [4.78, 5) is 12.1. The summed E-state index contributed by atoms with van der Waals surface area (Å²) in [5.41, 5.74) is 0.749. The van der Waals surface area contributed by atoms with Gasteiger partial charge in [-0.1, -0.05) is 6.07 Å². The van der Waals surface area contributed by atoms with E-state index in [1.165, 1.54) is 29.2 Å². The van der Waals surface area contributed by atoms with Crippen LogP contribution in [0.3, 0.4) is 0 Å². The number of sulfone groups is 1.